The highest BCUT2D eigenvalue weighted by Crippen LogP contribution is 2.00. The summed E-state index contributed by atoms with van der Waals surface area (Å²) in [4.78, 5) is 0. The van der Waals surface area contributed by atoms with E-state index in [2.05, 4.69) is 26.5 Å². The lowest BCUT2D eigenvalue weighted by molar-refractivity contribution is 1.12. The van der Waals surface area contributed by atoms with Gasteiger partial charge in [-0.3, -0.25) is 0 Å². The van der Waals surface area contributed by atoms with E-state index in [0.717, 1.165) is 12.8 Å². The van der Waals surface area contributed by atoms with E-state index in [-0.39, 0.29) is 0 Å². The summed E-state index contributed by atoms with van der Waals surface area (Å²) < 4.78 is 0. The van der Waals surface area contributed by atoms with Crippen molar-refractivity contribution in [2.45, 2.75) is 26.7 Å². The minimum absolute atomic E-state index is 1.04. The molecule has 0 aliphatic carbocycles. The van der Waals surface area contributed by atoms with Gasteiger partial charge in [-0.25, -0.2) is 0 Å². The Bertz CT molecular complexity index is 88.2. The molecular weight excluding hydrogens is 96.1 g/mol. The first-order valence-electron chi connectivity index (χ1n) is 3.07. The molecule has 0 amide bonds. The van der Waals surface area contributed by atoms with Crippen molar-refractivity contribution in [2.24, 2.45) is 0 Å². The van der Waals surface area contributed by atoms with Crippen molar-refractivity contribution in [1.82, 2.24) is 0 Å². The molecule has 0 fully saturated rings. The highest BCUT2D eigenvalue weighted by Gasteiger charge is 1.79. The minimum atomic E-state index is 1.04. The van der Waals surface area contributed by atoms with Crippen LogP contribution in [0.4, 0.5) is 0 Å². The van der Waals surface area contributed by atoms with Crippen LogP contribution < -0.4 is 0 Å². The van der Waals surface area contributed by atoms with Crippen molar-refractivity contribution >= 4 is 0 Å². The molecule has 46 valence electrons. The molecule has 0 aromatic heterocycles. The molecule has 0 bridgehead atoms. The first-order chi connectivity index (χ1) is 3.81. The standard InChI is InChI=1S/C8H14/c1-4-6-8(3)7-5-2/h4,7H,1,5-6H2,2-3H3/b8-7+. The van der Waals surface area contributed by atoms with Crippen LogP contribution in [0.25, 0.3) is 0 Å². The van der Waals surface area contributed by atoms with Gasteiger partial charge in [-0.05, 0) is 19.8 Å². The summed E-state index contributed by atoms with van der Waals surface area (Å²) in [6.45, 7) is 7.92. The molecule has 0 aliphatic rings. The number of hydrogen-bond acceptors (Lipinski definition) is 0. The van der Waals surface area contributed by atoms with Crippen LogP contribution in [0.3, 0.4) is 0 Å². The Morgan fingerprint density at radius 1 is 1.62 bits per heavy atom. The molecule has 0 aromatic carbocycles. The van der Waals surface area contributed by atoms with Gasteiger partial charge in [0, 0.05) is 0 Å². The second kappa shape index (κ2) is 4.63. The van der Waals surface area contributed by atoms with E-state index in [1.165, 1.54) is 5.57 Å². The van der Waals surface area contributed by atoms with Crippen molar-refractivity contribution in [2.75, 3.05) is 0 Å². The van der Waals surface area contributed by atoms with Gasteiger partial charge in [0.2, 0.25) is 0 Å². The van der Waals surface area contributed by atoms with Crippen molar-refractivity contribution in [3.05, 3.63) is 24.3 Å². The van der Waals surface area contributed by atoms with Crippen molar-refractivity contribution < 1.29 is 0 Å². The van der Waals surface area contributed by atoms with Gasteiger partial charge in [-0.1, -0.05) is 24.6 Å². The van der Waals surface area contributed by atoms with Crippen LogP contribution in [0.1, 0.15) is 26.7 Å². The molecule has 8 heavy (non-hydrogen) atoms. The zero-order chi connectivity index (χ0) is 6.41. The van der Waals surface area contributed by atoms with E-state index in [0.29, 0.717) is 0 Å². The fraction of sp³-hybridized carbons (Fsp3) is 0.500. The maximum atomic E-state index is 3.64. The Hall–Kier alpha value is -0.520. The van der Waals surface area contributed by atoms with E-state index >= 15 is 0 Å². The number of hydrogen-bond donors (Lipinski definition) is 0. The predicted molar refractivity (Wildman–Crippen MR) is 38.9 cm³/mol. The van der Waals surface area contributed by atoms with E-state index in [4.69, 9.17) is 0 Å². The normalized spacial score (nSPS) is 11.5. The quantitative estimate of drug-likeness (QED) is 0.490. The zero-order valence-electron chi connectivity index (χ0n) is 5.78. The monoisotopic (exact) mass is 110 g/mol. The summed E-state index contributed by atoms with van der Waals surface area (Å²) in [6.07, 6.45) is 6.33. The maximum absolute atomic E-state index is 3.64. The molecular formula is C8H14. The average molecular weight is 110 g/mol. The van der Waals surface area contributed by atoms with Gasteiger partial charge in [0.1, 0.15) is 0 Å². The van der Waals surface area contributed by atoms with Gasteiger partial charge in [-0.2, -0.15) is 0 Å². The highest BCUT2D eigenvalue weighted by molar-refractivity contribution is 5.01. The molecule has 0 nitrogen and oxygen atoms in total. The largest absolute Gasteiger partial charge is 0.103 e. The Balaban J connectivity index is 3.44. The van der Waals surface area contributed by atoms with Crippen LogP contribution in [0.15, 0.2) is 24.3 Å². The first-order valence-corrected chi connectivity index (χ1v) is 3.07. The van der Waals surface area contributed by atoms with Crippen LogP contribution in [0, 0.1) is 0 Å². The Morgan fingerprint density at radius 3 is 2.62 bits per heavy atom. The summed E-state index contributed by atoms with van der Waals surface area (Å²) in [5, 5.41) is 0. The van der Waals surface area contributed by atoms with Gasteiger partial charge in [0.25, 0.3) is 0 Å². The van der Waals surface area contributed by atoms with E-state index in [1.54, 1.807) is 0 Å². The zero-order valence-corrected chi connectivity index (χ0v) is 5.78. The molecule has 0 heteroatoms. The summed E-state index contributed by atoms with van der Waals surface area (Å²) in [5.41, 5.74) is 1.42. The smallest absolute Gasteiger partial charge is 0.0144 e. The van der Waals surface area contributed by atoms with Crippen molar-refractivity contribution in [3.8, 4) is 0 Å². The molecule has 0 saturated heterocycles. The van der Waals surface area contributed by atoms with Gasteiger partial charge < -0.3 is 0 Å². The first kappa shape index (κ1) is 7.48. The summed E-state index contributed by atoms with van der Waals surface area (Å²) in [6, 6.07) is 0. The molecule has 0 radical (unpaired) electrons. The Morgan fingerprint density at radius 2 is 2.25 bits per heavy atom. The maximum Gasteiger partial charge on any atom is -0.0144 e. The summed E-state index contributed by atoms with van der Waals surface area (Å²) >= 11 is 0. The van der Waals surface area contributed by atoms with Crippen LogP contribution >= 0.6 is 0 Å². The minimum Gasteiger partial charge on any atom is -0.103 e. The van der Waals surface area contributed by atoms with E-state index in [1.807, 2.05) is 6.08 Å². The van der Waals surface area contributed by atoms with Crippen LogP contribution in [-0.4, -0.2) is 0 Å². The fourth-order valence-electron chi connectivity index (χ4n) is 0.659. The van der Waals surface area contributed by atoms with Crippen LogP contribution in [0.2, 0.25) is 0 Å². The number of rotatable bonds is 3. The third kappa shape index (κ3) is 3.66. The SMILES string of the molecule is C=CC/C(C)=C/CC. The van der Waals surface area contributed by atoms with E-state index < -0.39 is 0 Å². The summed E-state index contributed by atoms with van der Waals surface area (Å²) in [5.74, 6) is 0. The topological polar surface area (TPSA) is 0 Å². The molecule has 0 aliphatic heterocycles. The molecule has 0 spiro atoms. The molecule has 0 atom stereocenters. The third-order valence-electron chi connectivity index (χ3n) is 1.02. The summed E-state index contributed by atoms with van der Waals surface area (Å²) in [7, 11) is 0. The molecule has 0 heterocycles. The van der Waals surface area contributed by atoms with E-state index in [9.17, 15) is 0 Å². The fourth-order valence-corrected chi connectivity index (χ4v) is 0.659. The number of allylic oxidation sites excluding steroid dienone is 3. The second-order valence-electron chi connectivity index (χ2n) is 1.95. The molecule has 0 N–H and O–H groups in total. The lowest BCUT2D eigenvalue weighted by atomic mass is 10.2. The van der Waals surface area contributed by atoms with Crippen LogP contribution in [0.5, 0.6) is 0 Å². The Kier molecular flexibility index (Phi) is 4.33. The highest BCUT2D eigenvalue weighted by atomic mass is 13.9. The lowest BCUT2D eigenvalue weighted by Crippen LogP contribution is -1.69. The van der Waals surface area contributed by atoms with Crippen LogP contribution in [-0.2, 0) is 0 Å². The predicted octanol–water partition coefficient (Wildman–Crippen LogP) is 2.92. The van der Waals surface area contributed by atoms with Crippen molar-refractivity contribution in [1.29, 1.82) is 0 Å². The van der Waals surface area contributed by atoms with Gasteiger partial charge in [-0.15, -0.1) is 6.58 Å². The third-order valence-corrected chi connectivity index (χ3v) is 1.02. The second-order valence-corrected chi connectivity index (χ2v) is 1.95. The van der Waals surface area contributed by atoms with Crippen molar-refractivity contribution in [3.63, 3.8) is 0 Å². The molecule has 0 unspecified atom stereocenters. The lowest BCUT2D eigenvalue weighted by Gasteiger charge is -1.90. The molecule has 0 saturated carbocycles. The van der Waals surface area contributed by atoms with Gasteiger partial charge >= 0.3 is 0 Å². The van der Waals surface area contributed by atoms with Gasteiger partial charge in [0.15, 0.2) is 0 Å². The van der Waals surface area contributed by atoms with Gasteiger partial charge in [0.05, 0.1) is 0 Å². The molecule has 0 aromatic rings. The Labute approximate surface area is 51.9 Å². The average Bonchev–Trinajstić information content (AvgIpc) is 1.68. The molecule has 0 rings (SSSR count).